The molecule has 3 rings (SSSR count). The number of rotatable bonds is 5. The van der Waals surface area contributed by atoms with E-state index in [0.717, 1.165) is 25.2 Å². The van der Waals surface area contributed by atoms with Crippen LogP contribution in [-0.2, 0) is 0 Å². The molecule has 0 bridgehead atoms. The first-order valence-electron chi connectivity index (χ1n) is 9.13. The molecule has 3 N–H and O–H groups in total. The predicted octanol–water partition coefficient (Wildman–Crippen LogP) is 4.54. The Hall–Kier alpha value is -1.49. The minimum atomic E-state index is 0.388. The third-order valence-corrected chi connectivity index (χ3v) is 4.90. The first-order valence-corrected chi connectivity index (χ1v) is 10.4. The van der Waals surface area contributed by atoms with E-state index in [1.807, 2.05) is 6.07 Å². The van der Waals surface area contributed by atoms with Crippen LogP contribution >= 0.6 is 11.8 Å². The summed E-state index contributed by atoms with van der Waals surface area (Å²) in [5.41, 5.74) is 3.77. The molecule has 0 amide bonds. The number of para-hydroxylation sites is 1. The molecule has 4 heteroatoms. The summed E-state index contributed by atoms with van der Waals surface area (Å²) in [5.74, 6) is 0. The van der Waals surface area contributed by atoms with Gasteiger partial charge in [-0.3, -0.25) is 0 Å². The number of allylic oxidation sites excluding steroid dienone is 2. The van der Waals surface area contributed by atoms with Crippen LogP contribution < -0.4 is 16.0 Å². The first kappa shape index (κ1) is 19.8. The average Bonchev–Trinajstić information content (AvgIpc) is 2.86. The number of hydrogen-bond donors (Lipinski definition) is 3. The Balaban J connectivity index is 0.000000399. The highest BCUT2D eigenvalue weighted by molar-refractivity contribution is 8.02. The third kappa shape index (κ3) is 6.38. The van der Waals surface area contributed by atoms with Crippen molar-refractivity contribution in [3.63, 3.8) is 0 Å². The highest BCUT2D eigenvalue weighted by Gasteiger charge is 2.25. The van der Waals surface area contributed by atoms with Gasteiger partial charge in [0.25, 0.3) is 0 Å². The maximum absolute atomic E-state index is 3.63. The largest absolute Gasteiger partial charge is 0.355 e. The van der Waals surface area contributed by atoms with E-state index in [1.165, 1.54) is 16.2 Å². The molecular formula is C21H31N3S. The van der Waals surface area contributed by atoms with Crippen molar-refractivity contribution in [1.29, 1.82) is 0 Å². The lowest BCUT2D eigenvalue weighted by atomic mass is 10.1. The highest BCUT2D eigenvalue weighted by atomic mass is 32.2. The van der Waals surface area contributed by atoms with E-state index in [-0.39, 0.29) is 0 Å². The first-order chi connectivity index (χ1) is 12.2. The third-order valence-electron chi connectivity index (χ3n) is 4.17. The van der Waals surface area contributed by atoms with Gasteiger partial charge in [-0.15, -0.1) is 11.8 Å². The molecule has 1 aromatic rings. The van der Waals surface area contributed by atoms with Crippen LogP contribution in [0.25, 0.3) is 0 Å². The second-order valence-electron chi connectivity index (χ2n) is 6.29. The van der Waals surface area contributed by atoms with Gasteiger partial charge < -0.3 is 16.0 Å². The maximum atomic E-state index is 3.63. The van der Waals surface area contributed by atoms with Crippen molar-refractivity contribution in [3.05, 3.63) is 64.7 Å². The molecule has 1 aliphatic carbocycles. The summed E-state index contributed by atoms with van der Waals surface area (Å²) in [4.78, 5) is 1.31. The van der Waals surface area contributed by atoms with E-state index in [9.17, 15) is 0 Å². The second-order valence-corrected chi connectivity index (χ2v) is 7.17. The number of fused-ring (bicyclic) bond motifs is 1. The standard InChI is InChI=1S/C17H20N2S.C4H11N/c1-12-8-13-9-15(19-14-6-4-3-5-7-14)10-16(20-2)11-17(13)18-12;1-3-5-4-2/h3-7,9-12,17-19H,8H2,1-2H3;5H,3-4H2,1-2H3/t12-,17?;/m0./s1. The molecule has 0 saturated carbocycles. The van der Waals surface area contributed by atoms with Crippen LogP contribution in [0.5, 0.6) is 0 Å². The van der Waals surface area contributed by atoms with Crippen molar-refractivity contribution in [3.8, 4) is 0 Å². The number of anilines is 1. The number of thioether (sulfide) groups is 1. The summed E-state index contributed by atoms with van der Waals surface area (Å²) >= 11 is 1.79. The second kappa shape index (κ2) is 10.5. The molecule has 3 nitrogen and oxygen atoms in total. The lowest BCUT2D eigenvalue weighted by Crippen LogP contribution is -2.25. The Bertz CT molecular complexity index is 617. The van der Waals surface area contributed by atoms with Crippen molar-refractivity contribution >= 4 is 17.4 Å². The molecular weight excluding hydrogens is 326 g/mol. The van der Waals surface area contributed by atoms with Gasteiger partial charge >= 0.3 is 0 Å². The zero-order chi connectivity index (χ0) is 18.1. The van der Waals surface area contributed by atoms with Crippen LogP contribution in [0.4, 0.5) is 5.69 Å². The lowest BCUT2D eigenvalue weighted by molar-refractivity contribution is 0.629. The van der Waals surface area contributed by atoms with E-state index in [1.54, 1.807) is 11.8 Å². The van der Waals surface area contributed by atoms with Crippen molar-refractivity contribution in [1.82, 2.24) is 10.6 Å². The summed E-state index contributed by atoms with van der Waals surface area (Å²) in [7, 11) is 0. The van der Waals surface area contributed by atoms with Gasteiger partial charge in [-0.1, -0.05) is 32.0 Å². The molecule has 2 atom stereocenters. The van der Waals surface area contributed by atoms with Gasteiger partial charge in [-0.05, 0) is 68.6 Å². The van der Waals surface area contributed by atoms with Crippen molar-refractivity contribution in [2.45, 2.75) is 39.3 Å². The summed E-state index contributed by atoms with van der Waals surface area (Å²) < 4.78 is 0. The molecule has 0 aromatic heterocycles. The molecule has 1 heterocycles. The normalized spacial score (nSPS) is 21.8. The molecule has 1 aromatic carbocycles. The Kier molecular flexibility index (Phi) is 8.32. The molecule has 1 saturated heterocycles. The summed E-state index contributed by atoms with van der Waals surface area (Å²) in [6, 6.07) is 11.3. The maximum Gasteiger partial charge on any atom is 0.0485 e. The van der Waals surface area contributed by atoms with Gasteiger partial charge in [0.1, 0.15) is 0 Å². The van der Waals surface area contributed by atoms with Crippen LogP contribution in [-0.4, -0.2) is 31.4 Å². The molecule has 25 heavy (non-hydrogen) atoms. The fourth-order valence-electron chi connectivity index (χ4n) is 3.00. The lowest BCUT2D eigenvalue weighted by Gasteiger charge is -2.08. The highest BCUT2D eigenvalue weighted by Crippen LogP contribution is 2.29. The van der Waals surface area contributed by atoms with Crippen LogP contribution in [0, 0.1) is 0 Å². The Morgan fingerprint density at radius 1 is 1.12 bits per heavy atom. The van der Waals surface area contributed by atoms with Gasteiger partial charge in [0.15, 0.2) is 0 Å². The molecule has 1 fully saturated rings. The van der Waals surface area contributed by atoms with Gasteiger partial charge in [0.2, 0.25) is 0 Å². The Morgan fingerprint density at radius 2 is 1.84 bits per heavy atom. The summed E-state index contributed by atoms with van der Waals surface area (Å²) in [6.07, 6.45) is 10.1. The van der Waals surface area contributed by atoms with E-state index < -0.39 is 0 Å². The van der Waals surface area contributed by atoms with Gasteiger partial charge in [0, 0.05) is 28.4 Å². The summed E-state index contributed by atoms with van der Waals surface area (Å²) in [6.45, 7) is 8.63. The average molecular weight is 358 g/mol. The van der Waals surface area contributed by atoms with Crippen molar-refractivity contribution in [2.75, 3.05) is 24.7 Å². The number of benzene rings is 1. The van der Waals surface area contributed by atoms with Crippen LogP contribution in [0.3, 0.4) is 0 Å². The summed E-state index contributed by atoms with van der Waals surface area (Å²) in [5, 5.41) is 10.3. The van der Waals surface area contributed by atoms with Crippen LogP contribution in [0.15, 0.2) is 64.7 Å². The van der Waals surface area contributed by atoms with Crippen molar-refractivity contribution in [2.24, 2.45) is 0 Å². The van der Waals surface area contributed by atoms with Crippen LogP contribution in [0.2, 0.25) is 0 Å². The molecule has 1 unspecified atom stereocenters. The monoisotopic (exact) mass is 357 g/mol. The zero-order valence-electron chi connectivity index (χ0n) is 15.8. The molecule has 0 radical (unpaired) electrons. The smallest absolute Gasteiger partial charge is 0.0485 e. The van der Waals surface area contributed by atoms with E-state index in [0.29, 0.717) is 12.1 Å². The topological polar surface area (TPSA) is 36.1 Å². The quantitative estimate of drug-likeness (QED) is 0.723. The van der Waals surface area contributed by atoms with Crippen molar-refractivity contribution < 1.29 is 0 Å². The fraction of sp³-hybridized carbons (Fsp3) is 0.429. The Labute approximate surface area is 157 Å². The van der Waals surface area contributed by atoms with Crippen LogP contribution in [0.1, 0.15) is 27.2 Å². The molecule has 2 aliphatic rings. The van der Waals surface area contributed by atoms with E-state index in [4.69, 9.17) is 0 Å². The van der Waals surface area contributed by atoms with E-state index in [2.05, 4.69) is 85.5 Å². The predicted molar refractivity (Wildman–Crippen MR) is 113 cm³/mol. The zero-order valence-corrected chi connectivity index (χ0v) is 16.6. The molecule has 0 spiro atoms. The fourth-order valence-corrected chi connectivity index (χ4v) is 3.52. The number of hydrogen-bond acceptors (Lipinski definition) is 4. The minimum absolute atomic E-state index is 0.388. The molecule has 1 aliphatic heterocycles. The van der Waals surface area contributed by atoms with Gasteiger partial charge in [-0.2, -0.15) is 0 Å². The van der Waals surface area contributed by atoms with Gasteiger partial charge in [-0.25, -0.2) is 0 Å². The number of nitrogens with one attached hydrogen (secondary N) is 3. The molecule has 136 valence electrons. The Morgan fingerprint density at radius 3 is 2.44 bits per heavy atom. The SMILES string of the molecule is CCNCC.CSC1=CC2N[C@@H](C)CC2=CC(Nc2ccccc2)=C1. The van der Waals surface area contributed by atoms with E-state index >= 15 is 0 Å². The van der Waals surface area contributed by atoms with Gasteiger partial charge in [0.05, 0.1) is 0 Å². The minimum Gasteiger partial charge on any atom is -0.355 e.